The van der Waals surface area contributed by atoms with E-state index < -0.39 is 17.9 Å². The van der Waals surface area contributed by atoms with E-state index >= 15 is 0 Å². The molecule has 1 heterocycles. The highest BCUT2D eigenvalue weighted by atomic mass is 16.4. The Hall–Kier alpha value is -4.36. The van der Waals surface area contributed by atoms with Crippen LogP contribution >= 0.6 is 0 Å². The second-order valence-corrected chi connectivity index (χ2v) is 11.2. The Bertz CT molecular complexity index is 1610. The van der Waals surface area contributed by atoms with Gasteiger partial charge in [-0.05, 0) is 33.0 Å². The van der Waals surface area contributed by atoms with Crippen molar-refractivity contribution in [2.24, 2.45) is 0 Å². The predicted molar refractivity (Wildman–Crippen MR) is 160 cm³/mol. The van der Waals surface area contributed by atoms with E-state index in [1.165, 1.54) is 0 Å². The highest BCUT2D eigenvalue weighted by molar-refractivity contribution is 6.25. The lowest BCUT2D eigenvalue weighted by atomic mass is 9.93. The molecule has 0 bridgehead atoms. The Balaban J connectivity index is 1.34. The Labute approximate surface area is 254 Å². The molecule has 1 saturated heterocycles. The average Bonchev–Trinajstić information content (AvgIpc) is 2.97. The molecule has 12 heteroatoms. The lowest BCUT2D eigenvalue weighted by Crippen LogP contribution is -2.51. The molecule has 12 nitrogen and oxygen atoms in total. The molecule has 0 saturated carbocycles. The number of hydrogen-bond acceptors (Lipinski definition) is 11. The number of amides is 1. The zero-order chi connectivity index (χ0) is 31.2. The molecule has 0 aliphatic carbocycles. The summed E-state index contributed by atoms with van der Waals surface area (Å²) in [7, 11) is 0. The summed E-state index contributed by atoms with van der Waals surface area (Å²) in [5, 5.41) is 43.6. The van der Waals surface area contributed by atoms with Crippen LogP contribution in [0.4, 0.5) is 5.69 Å². The van der Waals surface area contributed by atoms with E-state index in [1.807, 2.05) is 35.2 Å². The largest absolute Gasteiger partial charge is 0.549 e. The quantitative estimate of drug-likeness (QED) is 0.211. The lowest BCUT2D eigenvalue weighted by Gasteiger charge is -2.34. The first kappa shape index (κ1) is 31.1. The van der Waals surface area contributed by atoms with Crippen LogP contribution in [0.1, 0.15) is 0 Å². The van der Waals surface area contributed by atoms with Crippen molar-refractivity contribution in [3.63, 3.8) is 0 Å². The van der Waals surface area contributed by atoms with E-state index in [9.17, 15) is 34.5 Å². The molecule has 0 spiro atoms. The van der Waals surface area contributed by atoms with E-state index in [1.54, 1.807) is 14.7 Å². The first-order chi connectivity index (χ1) is 21.2. The molecule has 232 valence electrons. The number of carboxylic acids is 3. The summed E-state index contributed by atoms with van der Waals surface area (Å²) in [6.07, 6.45) is 0. The number of carbonyl (C=O) groups excluding carboxylic acids is 4. The minimum absolute atomic E-state index is 0.00287. The third-order valence-corrected chi connectivity index (χ3v) is 8.16. The summed E-state index contributed by atoms with van der Waals surface area (Å²) in [6.45, 7) is 1.07. The normalized spacial score (nSPS) is 17.0. The first-order valence-electron chi connectivity index (χ1n) is 14.6. The van der Waals surface area contributed by atoms with Gasteiger partial charge in [0.2, 0.25) is 5.91 Å². The van der Waals surface area contributed by atoms with E-state index in [-0.39, 0.29) is 71.4 Å². The van der Waals surface area contributed by atoms with Crippen LogP contribution in [0.3, 0.4) is 0 Å². The Kier molecular flexibility index (Phi) is 9.85. The summed E-state index contributed by atoms with van der Waals surface area (Å²) < 4.78 is 0. The van der Waals surface area contributed by atoms with Crippen molar-refractivity contribution < 1.29 is 34.5 Å². The smallest absolute Gasteiger partial charge is 0.238 e. The van der Waals surface area contributed by atoms with Crippen LogP contribution < -0.4 is 20.6 Å². The number of benzene rings is 4. The van der Waals surface area contributed by atoms with Gasteiger partial charge in [-0.25, -0.2) is 0 Å². The average molecular weight is 601 g/mol. The second-order valence-electron chi connectivity index (χ2n) is 11.2. The molecule has 1 fully saturated rings. The van der Waals surface area contributed by atoms with Gasteiger partial charge in [0.25, 0.3) is 0 Å². The minimum atomic E-state index is -1.28. The van der Waals surface area contributed by atoms with Crippen LogP contribution in [0.15, 0.2) is 54.6 Å². The Morgan fingerprint density at radius 1 is 0.523 bits per heavy atom. The number of hydrogen-bond donors (Lipinski definition) is 1. The molecular formula is C32H34N5O7-3. The second kappa shape index (κ2) is 14.0. The number of carboxylic acid groups (broad SMARTS) is 3. The minimum Gasteiger partial charge on any atom is -0.549 e. The molecular weight excluding hydrogens is 566 g/mol. The summed E-state index contributed by atoms with van der Waals surface area (Å²) >= 11 is 0. The van der Waals surface area contributed by atoms with E-state index in [4.69, 9.17) is 0 Å². The standard InChI is InChI=1S/C32H37N5O7/c38-27(33-26-9-7-24-5-4-22-2-1-3-23-6-8-25(26)32(24)31(22)23)18-34-10-12-35(19-28(39)40)14-16-37(21-30(43)44)17-15-36(13-11-34)20-29(41)42/h1-9H,10-21H2,(H,33,38)(H,39,40)(H,41,42)(H,43,44)/p-3. The van der Waals surface area contributed by atoms with Crippen molar-refractivity contribution in [2.45, 2.75) is 0 Å². The van der Waals surface area contributed by atoms with Crippen LogP contribution in [0, 0.1) is 0 Å². The molecule has 44 heavy (non-hydrogen) atoms. The highest BCUT2D eigenvalue weighted by Crippen LogP contribution is 2.37. The molecule has 1 amide bonds. The van der Waals surface area contributed by atoms with Crippen LogP contribution in [0.2, 0.25) is 0 Å². The van der Waals surface area contributed by atoms with Crippen molar-refractivity contribution in [1.82, 2.24) is 19.6 Å². The number of anilines is 1. The van der Waals surface area contributed by atoms with Gasteiger partial charge in [-0.2, -0.15) is 0 Å². The summed E-state index contributed by atoms with van der Waals surface area (Å²) in [4.78, 5) is 54.3. The molecule has 0 aromatic heterocycles. The Morgan fingerprint density at radius 2 is 0.909 bits per heavy atom. The highest BCUT2D eigenvalue weighted by Gasteiger charge is 2.20. The maximum atomic E-state index is 13.4. The van der Waals surface area contributed by atoms with Gasteiger partial charge in [0.05, 0.1) is 24.5 Å². The number of aliphatic carboxylic acids is 3. The van der Waals surface area contributed by atoms with Crippen LogP contribution in [-0.2, 0) is 19.2 Å². The molecule has 1 N–H and O–H groups in total. The fourth-order valence-corrected chi connectivity index (χ4v) is 6.00. The SMILES string of the molecule is O=C([O-])CN1CCN(CC(=O)[O-])CCN(CC(=O)Nc2ccc3ccc4cccc5ccc2c3c45)CCN(CC(=O)[O-])CC1. The number of nitrogens with zero attached hydrogens (tertiary/aromatic N) is 4. The molecule has 1 aliphatic rings. The van der Waals surface area contributed by atoms with Crippen molar-refractivity contribution in [1.29, 1.82) is 0 Å². The maximum absolute atomic E-state index is 13.4. The van der Waals surface area contributed by atoms with Crippen LogP contribution in [0.5, 0.6) is 0 Å². The lowest BCUT2D eigenvalue weighted by molar-refractivity contribution is -0.308. The Morgan fingerprint density at radius 3 is 1.36 bits per heavy atom. The number of nitrogens with one attached hydrogen (secondary N) is 1. The molecule has 4 aromatic carbocycles. The van der Waals surface area contributed by atoms with Gasteiger partial charge >= 0.3 is 0 Å². The third kappa shape index (κ3) is 7.77. The predicted octanol–water partition coefficient (Wildman–Crippen LogP) is -2.01. The summed E-state index contributed by atoms with van der Waals surface area (Å²) in [5.41, 5.74) is 0.681. The topological polar surface area (TPSA) is 162 Å². The van der Waals surface area contributed by atoms with Gasteiger partial charge in [-0.15, -0.1) is 0 Å². The van der Waals surface area contributed by atoms with E-state index in [0.717, 1.165) is 32.3 Å². The zero-order valence-electron chi connectivity index (χ0n) is 24.3. The van der Waals surface area contributed by atoms with Gasteiger partial charge in [0.1, 0.15) is 0 Å². The molecule has 1 aliphatic heterocycles. The molecule has 0 radical (unpaired) electrons. The van der Waals surface area contributed by atoms with E-state index in [2.05, 4.69) is 29.6 Å². The van der Waals surface area contributed by atoms with Gasteiger partial charge < -0.3 is 35.0 Å². The van der Waals surface area contributed by atoms with Crippen LogP contribution in [-0.4, -0.2) is 122 Å². The molecule has 5 rings (SSSR count). The number of rotatable bonds is 9. The van der Waals surface area contributed by atoms with Gasteiger partial charge in [-0.1, -0.05) is 48.5 Å². The summed E-state index contributed by atoms with van der Waals surface area (Å²) in [6, 6.07) is 18.2. The van der Waals surface area contributed by atoms with Crippen molar-refractivity contribution in [3.05, 3.63) is 54.6 Å². The van der Waals surface area contributed by atoms with E-state index in [0.29, 0.717) is 18.8 Å². The fraction of sp³-hybridized carbons (Fsp3) is 0.375. The molecule has 0 atom stereocenters. The van der Waals surface area contributed by atoms with Crippen LogP contribution in [0.25, 0.3) is 32.3 Å². The first-order valence-corrected chi connectivity index (χ1v) is 14.6. The fourth-order valence-electron chi connectivity index (χ4n) is 6.00. The summed E-state index contributed by atoms with van der Waals surface area (Å²) in [5.74, 6) is -4.06. The zero-order valence-corrected chi connectivity index (χ0v) is 24.3. The van der Waals surface area contributed by atoms with Gasteiger partial charge in [0, 0.05) is 83.1 Å². The third-order valence-electron chi connectivity index (χ3n) is 8.16. The van der Waals surface area contributed by atoms with Crippen molar-refractivity contribution in [3.8, 4) is 0 Å². The molecule has 0 unspecified atom stereocenters. The van der Waals surface area contributed by atoms with Crippen molar-refractivity contribution >= 4 is 61.8 Å². The molecule has 4 aromatic rings. The van der Waals surface area contributed by atoms with Crippen molar-refractivity contribution in [2.75, 3.05) is 83.9 Å². The van der Waals surface area contributed by atoms with Gasteiger partial charge in [-0.3, -0.25) is 24.4 Å². The number of carbonyl (C=O) groups is 4. The maximum Gasteiger partial charge on any atom is 0.238 e. The monoisotopic (exact) mass is 600 g/mol. The van der Waals surface area contributed by atoms with Gasteiger partial charge in [0.15, 0.2) is 0 Å².